The van der Waals surface area contributed by atoms with Gasteiger partial charge in [0.15, 0.2) is 0 Å². The van der Waals surface area contributed by atoms with E-state index >= 15 is 0 Å². The van der Waals surface area contributed by atoms with Gasteiger partial charge in [-0.1, -0.05) is 0 Å². The Labute approximate surface area is 83.6 Å². The predicted molar refractivity (Wildman–Crippen MR) is 57.4 cm³/mol. The number of nitrogens with zero attached hydrogens (tertiary/aromatic N) is 1. The highest BCUT2D eigenvalue weighted by molar-refractivity contribution is 5.95. The average Bonchev–Trinajstić information content (AvgIpc) is 2.47. The number of ether oxygens (including phenoxy) is 1. The third kappa shape index (κ3) is 1.71. The monoisotopic (exact) mass is 190 g/mol. The van der Waals surface area contributed by atoms with E-state index in [1.807, 2.05) is 38.1 Å². The Morgan fingerprint density at radius 2 is 1.93 bits per heavy atom. The zero-order chi connectivity index (χ0) is 10.2. The number of nitrogen functional groups attached to an aromatic ring is 1. The first-order valence-corrected chi connectivity index (χ1v) is 4.66. The summed E-state index contributed by atoms with van der Waals surface area (Å²) in [5.41, 5.74) is 7.17. The van der Waals surface area contributed by atoms with Gasteiger partial charge in [0.2, 0.25) is 5.90 Å². The lowest BCUT2D eigenvalue weighted by molar-refractivity contribution is 0.131. The highest BCUT2D eigenvalue weighted by Gasteiger charge is 2.27. The van der Waals surface area contributed by atoms with Crippen molar-refractivity contribution >= 4 is 11.6 Å². The van der Waals surface area contributed by atoms with Crippen LogP contribution in [0.4, 0.5) is 5.69 Å². The summed E-state index contributed by atoms with van der Waals surface area (Å²) < 4.78 is 5.68. The largest absolute Gasteiger partial charge is 0.469 e. The molecule has 0 saturated heterocycles. The molecular weight excluding hydrogens is 176 g/mol. The summed E-state index contributed by atoms with van der Waals surface area (Å²) in [6.07, 6.45) is 0. The summed E-state index contributed by atoms with van der Waals surface area (Å²) in [4.78, 5) is 4.34. The molecule has 0 atom stereocenters. The van der Waals surface area contributed by atoms with Gasteiger partial charge in [0.05, 0.1) is 6.54 Å². The van der Waals surface area contributed by atoms with Crippen LogP contribution in [0.5, 0.6) is 0 Å². The third-order valence-electron chi connectivity index (χ3n) is 2.13. The fraction of sp³-hybridized carbons (Fsp3) is 0.364. The van der Waals surface area contributed by atoms with Crippen molar-refractivity contribution in [2.45, 2.75) is 19.4 Å². The van der Waals surface area contributed by atoms with Crippen LogP contribution in [-0.4, -0.2) is 18.0 Å². The van der Waals surface area contributed by atoms with Crippen molar-refractivity contribution in [3.8, 4) is 0 Å². The molecule has 0 unspecified atom stereocenters. The standard InChI is InChI=1S/C11H14N2O/c1-11(2)7-13-10(14-11)8-3-5-9(12)6-4-8/h3-6H,7,12H2,1-2H3. The maximum atomic E-state index is 5.68. The lowest BCUT2D eigenvalue weighted by Crippen LogP contribution is -2.24. The summed E-state index contributed by atoms with van der Waals surface area (Å²) in [5.74, 6) is 0.718. The van der Waals surface area contributed by atoms with E-state index in [1.165, 1.54) is 0 Å². The topological polar surface area (TPSA) is 47.6 Å². The molecule has 0 aliphatic carbocycles. The van der Waals surface area contributed by atoms with E-state index in [-0.39, 0.29) is 5.60 Å². The molecule has 0 saturated carbocycles. The van der Waals surface area contributed by atoms with E-state index in [1.54, 1.807) is 0 Å². The van der Waals surface area contributed by atoms with Gasteiger partial charge >= 0.3 is 0 Å². The first-order chi connectivity index (χ1) is 6.57. The highest BCUT2D eigenvalue weighted by atomic mass is 16.5. The van der Waals surface area contributed by atoms with Crippen molar-refractivity contribution in [3.05, 3.63) is 29.8 Å². The lowest BCUT2D eigenvalue weighted by Gasteiger charge is -2.17. The van der Waals surface area contributed by atoms with Crippen LogP contribution >= 0.6 is 0 Å². The lowest BCUT2D eigenvalue weighted by atomic mass is 10.1. The van der Waals surface area contributed by atoms with Crippen molar-refractivity contribution in [3.63, 3.8) is 0 Å². The fourth-order valence-electron chi connectivity index (χ4n) is 1.36. The van der Waals surface area contributed by atoms with Crippen LogP contribution in [0.15, 0.2) is 29.3 Å². The molecule has 0 fully saturated rings. The maximum absolute atomic E-state index is 5.68. The Kier molecular flexibility index (Phi) is 1.95. The summed E-state index contributed by atoms with van der Waals surface area (Å²) in [6, 6.07) is 7.56. The summed E-state index contributed by atoms with van der Waals surface area (Å²) >= 11 is 0. The van der Waals surface area contributed by atoms with Crippen molar-refractivity contribution in [1.29, 1.82) is 0 Å². The van der Waals surface area contributed by atoms with E-state index in [4.69, 9.17) is 10.5 Å². The second-order valence-electron chi connectivity index (χ2n) is 4.11. The van der Waals surface area contributed by atoms with E-state index in [0.717, 1.165) is 17.1 Å². The minimum atomic E-state index is -0.170. The molecule has 0 bridgehead atoms. The molecule has 0 radical (unpaired) electrons. The fourth-order valence-corrected chi connectivity index (χ4v) is 1.36. The van der Waals surface area contributed by atoms with Gasteiger partial charge in [-0.15, -0.1) is 0 Å². The second kappa shape index (κ2) is 3.01. The minimum absolute atomic E-state index is 0.170. The molecular formula is C11H14N2O. The van der Waals surface area contributed by atoms with Crippen LogP contribution in [0.3, 0.4) is 0 Å². The molecule has 2 rings (SSSR count). The van der Waals surface area contributed by atoms with Gasteiger partial charge < -0.3 is 10.5 Å². The number of nitrogens with two attached hydrogens (primary N) is 1. The van der Waals surface area contributed by atoms with Crippen molar-refractivity contribution in [2.75, 3.05) is 12.3 Å². The number of anilines is 1. The normalized spacial score (nSPS) is 18.9. The van der Waals surface area contributed by atoms with Crippen molar-refractivity contribution in [1.82, 2.24) is 0 Å². The zero-order valence-electron chi connectivity index (χ0n) is 8.45. The third-order valence-corrected chi connectivity index (χ3v) is 2.13. The van der Waals surface area contributed by atoms with Gasteiger partial charge in [-0.25, -0.2) is 4.99 Å². The zero-order valence-corrected chi connectivity index (χ0v) is 8.45. The van der Waals surface area contributed by atoms with Crippen LogP contribution in [0.25, 0.3) is 0 Å². The maximum Gasteiger partial charge on any atom is 0.216 e. The number of benzene rings is 1. The molecule has 2 N–H and O–H groups in total. The SMILES string of the molecule is CC1(C)CN=C(c2ccc(N)cc2)O1. The molecule has 1 aromatic rings. The second-order valence-corrected chi connectivity index (χ2v) is 4.11. The van der Waals surface area contributed by atoms with Gasteiger partial charge in [0, 0.05) is 11.3 Å². The summed E-state index contributed by atoms with van der Waals surface area (Å²) in [5, 5.41) is 0. The Morgan fingerprint density at radius 1 is 1.29 bits per heavy atom. The molecule has 0 aromatic heterocycles. The summed E-state index contributed by atoms with van der Waals surface area (Å²) in [7, 11) is 0. The van der Waals surface area contributed by atoms with E-state index in [2.05, 4.69) is 4.99 Å². The number of hydrogen-bond donors (Lipinski definition) is 1. The van der Waals surface area contributed by atoms with Gasteiger partial charge in [-0.05, 0) is 38.1 Å². The molecule has 14 heavy (non-hydrogen) atoms. The van der Waals surface area contributed by atoms with Gasteiger partial charge in [-0.3, -0.25) is 0 Å². The highest BCUT2D eigenvalue weighted by Crippen LogP contribution is 2.21. The molecule has 1 aromatic carbocycles. The van der Waals surface area contributed by atoms with Crippen LogP contribution in [-0.2, 0) is 4.74 Å². The van der Waals surface area contributed by atoms with Crippen molar-refractivity contribution in [2.24, 2.45) is 4.99 Å². The Bertz CT molecular complexity index is 365. The average molecular weight is 190 g/mol. The van der Waals surface area contributed by atoms with E-state index in [9.17, 15) is 0 Å². The first kappa shape index (κ1) is 9.06. The van der Waals surface area contributed by atoms with Crippen LogP contribution < -0.4 is 5.73 Å². The minimum Gasteiger partial charge on any atom is -0.469 e. The molecule has 1 aliphatic heterocycles. The van der Waals surface area contributed by atoms with Gasteiger partial charge in [0.1, 0.15) is 5.60 Å². The Hall–Kier alpha value is -1.51. The van der Waals surface area contributed by atoms with Crippen LogP contribution in [0.1, 0.15) is 19.4 Å². The van der Waals surface area contributed by atoms with Crippen LogP contribution in [0, 0.1) is 0 Å². The quantitative estimate of drug-likeness (QED) is 0.687. The molecule has 74 valence electrons. The molecule has 3 heteroatoms. The molecule has 0 spiro atoms. The Balaban J connectivity index is 2.22. The summed E-state index contributed by atoms with van der Waals surface area (Å²) in [6.45, 7) is 4.77. The number of hydrogen-bond acceptors (Lipinski definition) is 3. The van der Waals surface area contributed by atoms with E-state index < -0.39 is 0 Å². The van der Waals surface area contributed by atoms with Gasteiger partial charge in [-0.2, -0.15) is 0 Å². The number of aliphatic imine (C=N–C) groups is 1. The van der Waals surface area contributed by atoms with Crippen LogP contribution in [0.2, 0.25) is 0 Å². The first-order valence-electron chi connectivity index (χ1n) is 4.66. The number of rotatable bonds is 1. The molecule has 1 heterocycles. The molecule has 1 aliphatic rings. The molecule has 0 amide bonds. The van der Waals surface area contributed by atoms with E-state index in [0.29, 0.717) is 6.54 Å². The predicted octanol–water partition coefficient (Wildman–Crippen LogP) is 1.82. The Morgan fingerprint density at radius 3 is 2.43 bits per heavy atom. The van der Waals surface area contributed by atoms with Gasteiger partial charge in [0.25, 0.3) is 0 Å². The smallest absolute Gasteiger partial charge is 0.216 e. The molecule has 3 nitrogen and oxygen atoms in total. The van der Waals surface area contributed by atoms with Crippen molar-refractivity contribution < 1.29 is 4.74 Å².